The molecule has 0 radical (unpaired) electrons. The zero-order valence-electron chi connectivity index (χ0n) is 8.07. The van der Waals surface area contributed by atoms with E-state index in [-0.39, 0.29) is 5.38 Å². The molecule has 1 fully saturated rings. The molecule has 1 saturated heterocycles. The number of rotatable bonds is 2. The summed E-state index contributed by atoms with van der Waals surface area (Å²) in [6, 6.07) is 0. The van der Waals surface area contributed by atoms with Gasteiger partial charge in [0.05, 0.1) is 0 Å². The first-order valence-electron chi connectivity index (χ1n) is 4.82. The number of alkyl halides is 1. The van der Waals surface area contributed by atoms with Crippen molar-refractivity contribution in [3.05, 3.63) is 11.7 Å². The van der Waals surface area contributed by atoms with Crippen molar-refractivity contribution in [3.8, 4) is 0 Å². The van der Waals surface area contributed by atoms with Crippen molar-refractivity contribution in [2.45, 2.75) is 31.1 Å². The number of hydrogen-bond acceptors (Lipinski definition) is 4. The highest BCUT2D eigenvalue weighted by Gasteiger charge is 2.22. The van der Waals surface area contributed by atoms with Gasteiger partial charge < -0.3 is 9.26 Å². The molecule has 0 aliphatic carbocycles. The van der Waals surface area contributed by atoms with Gasteiger partial charge in [0.2, 0.25) is 5.89 Å². The van der Waals surface area contributed by atoms with Crippen LogP contribution in [0.5, 0.6) is 0 Å². The molecule has 2 rings (SSSR count). The van der Waals surface area contributed by atoms with Crippen LogP contribution in [-0.2, 0) is 4.74 Å². The Morgan fingerprint density at radius 3 is 2.71 bits per heavy atom. The van der Waals surface area contributed by atoms with E-state index < -0.39 is 0 Å². The maximum absolute atomic E-state index is 5.83. The van der Waals surface area contributed by atoms with Crippen LogP contribution in [0.15, 0.2) is 4.52 Å². The maximum atomic E-state index is 5.83. The predicted octanol–water partition coefficient (Wildman–Crippen LogP) is 2.26. The first-order valence-corrected chi connectivity index (χ1v) is 5.26. The van der Waals surface area contributed by atoms with Crippen LogP contribution in [0.3, 0.4) is 0 Å². The molecule has 78 valence electrons. The largest absolute Gasteiger partial charge is 0.381 e. The minimum absolute atomic E-state index is 0.212. The van der Waals surface area contributed by atoms with Crippen molar-refractivity contribution in [2.75, 3.05) is 13.2 Å². The summed E-state index contributed by atoms with van der Waals surface area (Å²) in [6.45, 7) is 3.39. The van der Waals surface area contributed by atoms with Crippen LogP contribution in [-0.4, -0.2) is 23.4 Å². The SMILES string of the molecule is CC(Cl)c1nc(C2CCOCC2)no1. The summed E-state index contributed by atoms with van der Waals surface area (Å²) in [5.74, 6) is 1.65. The van der Waals surface area contributed by atoms with Crippen LogP contribution >= 0.6 is 11.6 Å². The average Bonchev–Trinajstić information content (AvgIpc) is 2.68. The Morgan fingerprint density at radius 2 is 2.14 bits per heavy atom. The number of halogens is 1. The normalized spacial score (nSPS) is 21.0. The Bertz CT molecular complexity index is 295. The third-order valence-corrected chi connectivity index (χ3v) is 2.57. The Balaban J connectivity index is 2.07. The van der Waals surface area contributed by atoms with Gasteiger partial charge in [0.1, 0.15) is 5.38 Å². The van der Waals surface area contributed by atoms with Gasteiger partial charge in [0.25, 0.3) is 0 Å². The topological polar surface area (TPSA) is 48.2 Å². The minimum Gasteiger partial charge on any atom is -0.381 e. The van der Waals surface area contributed by atoms with Crippen molar-refractivity contribution in [1.82, 2.24) is 10.1 Å². The molecule has 2 heterocycles. The Kier molecular flexibility index (Phi) is 3.03. The summed E-state index contributed by atoms with van der Waals surface area (Å²) in [5.41, 5.74) is 0. The molecule has 0 amide bonds. The molecule has 0 aromatic carbocycles. The molecule has 1 unspecified atom stereocenters. The van der Waals surface area contributed by atoms with Gasteiger partial charge in [-0.2, -0.15) is 4.98 Å². The molecular formula is C9H13ClN2O2. The van der Waals surface area contributed by atoms with E-state index >= 15 is 0 Å². The van der Waals surface area contributed by atoms with E-state index in [4.69, 9.17) is 20.9 Å². The van der Waals surface area contributed by atoms with Crippen LogP contribution in [0.1, 0.15) is 42.8 Å². The molecule has 4 nitrogen and oxygen atoms in total. The predicted molar refractivity (Wildman–Crippen MR) is 51.4 cm³/mol. The summed E-state index contributed by atoms with van der Waals surface area (Å²) in [6.07, 6.45) is 1.94. The second kappa shape index (κ2) is 4.28. The second-order valence-corrected chi connectivity index (χ2v) is 4.15. The molecule has 0 bridgehead atoms. The standard InChI is InChI=1S/C9H13ClN2O2/c1-6(10)9-11-8(12-14-9)7-2-4-13-5-3-7/h6-7H,2-5H2,1H3. The fraction of sp³-hybridized carbons (Fsp3) is 0.778. The van der Waals surface area contributed by atoms with Gasteiger partial charge >= 0.3 is 0 Å². The van der Waals surface area contributed by atoms with Crippen LogP contribution in [0, 0.1) is 0 Å². The molecule has 1 aromatic heterocycles. The first kappa shape index (κ1) is 9.93. The first-order chi connectivity index (χ1) is 6.77. The van der Waals surface area contributed by atoms with Crippen molar-refractivity contribution < 1.29 is 9.26 Å². The van der Waals surface area contributed by atoms with Gasteiger partial charge in [-0.25, -0.2) is 0 Å². The van der Waals surface area contributed by atoms with Crippen LogP contribution in [0.25, 0.3) is 0 Å². The third-order valence-electron chi connectivity index (χ3n) is 2.38. The minimum atomic E-state index is -0.212. The lowest BCUT2D eigenvalue weighted by Gasteiger charge is -2.18. The summed E-state index contributed by atoms with van der Waals surface area (Å²) < 4.78 is 10.3. The van der Waals surface area contributed by atoms with E-state index in [1.807, 2.05) is 6.92 Å². The van der Waals surface area contributed by atoms with Crippen LogP contribution in [0.2, 0.25) is 0 Å². The van der Waals surface area contributed by atoms with E-state index in [1.54, 1.807) is 0 Å². The van der Waals surface area contributed by atoms with E-state index in [2.05, 4.69) is 10.1 Å². The zero-order chi connectivity index (χ0) is 9.97. The average molecular weight is 217 g/mol. The molecule has 1 aliphatic rings. The van der Waals surface area contributed by atoms with Crippen LogP contribution in [0.4, 0.5) is 0 Å². The number of nitrogens with zero attached hydrogens (tertiary/aromatic N) is 2. The summed E-state index contributed by atoms with van der Waals surface area (Å²) in [5, 5.41) is 3.72. The summed E-state index contributed by atoms with van der Waals surface area (Å²) in [4.78, 5) is 4.27. The number of hydrogen-bond donors (Lipinski definition) is 0. The monoisotopic (exact) mass is 216 g/mol. The number of ether oxygens (including phenoxy) is 1. The molecule has 0 spiro atoms. The van der Waals surface area contributed by atoms with Crippen LogP contribution < -0.4 is 0 Å². The number of aromatic nitrogens is 2. The lowest BCUT2D eigenvalue weighted by atomic mass is 10.00. The Morgan fingerprint density at radius 1 is 1.43 bits per heavy atom. The van der Waals surface area contributed by atoms with Gasteiger partial charge in [0.15, 0.2) is 5.82 Å². The third kappa shape index (κ3) is 2.07. The van der Waals surface area contributed by atoms with E-state index in [1.165, 1.54) is 0 Å². The molecule has 14 heavy (non-hydrogen) atoms. The van der Waals surface area contributed by atoms with Crippen molar-refractivity contribution in [3.63, 3.8) is 0 Å². The molecule has 1 aliphatic heterocycles. The molecule has 1 aromatic rings. The lowest BCUT2D eigenvalue weighted by Crippen LogP contribution is -2.15. The van der Waals surface area contributed by atoms with Crippen molar-refractivity contribution in [1.29, 1.82) is 0 Å². The van der Waals surface area contributed by atoms with E-state index in [0.717, 1.165) is 31.9 Å². The van der Waals surface area contributed by atoms with Crippen molar-refractivity contribution in [2.24, 2.45) is 0 Å². The van der Waals surface area contributed by atoms with Crippen molar-refractivity contribution >= 4 is 11.6 Å². The summed E-state index contributed by atoms with van der Waals surface area (Å²) in [7, 11) is 0. The highest BCUT2D eigenvalue weighted by Crippen LogP contribution is 2.26. The second-order valence-electron chi connectivity index (χ2n) is 3.49. The zero-order valence-corrected chi connectivity index (χ0v) is 8.83. The van der Waals surface area contributed by atoms with Gasteiger partial charge in [-0.1, -0.05) is 5.16 Å². The Labute approximate surface area is 87.6 Å². The van der Waals surface area contributed by atoms with Gasteiger partial charge in [-0.05, 0) is 19.8 Å². The molecule has 5 heteroatoms. The smallest absolute Gasteiger partial charge is 0.244 e. The molecule has 0 N–H and O–H groups in total. The highest BCUT2D eigenvalue weighted by atomic mass is 35.5. The Hall–Kier alpha value is -0.610. The maximum Gasteiger partial charge on any atom is 0.244 e. The van der Waals surface area contributed by atoms with Gasteiger partial charge in [-0.3, -0.25) is 0 Å². The van der Waals surface area contributed by atoms with Gasteiger partial charge in [-0.15, -0.1) is 11.6 Å². The highest BCUT2D eigenvalue weighted by molar-refractivity contribution is 6.20. The van der Waals surface area contributed by atoms with E-state index in [0.29, 0.717) is 11.8 Å². The molecule has 0 saturated carbocycles. The molecule has 1 atom stereocenters. The summed E-state index contributed by atoms with van der Waals surface area (Å²) >= 11 is 5.83. The quantitative estimate of drug-likeness (QED) is 0.712. The fourth-order valence-corrected chi connectivity index (χ4v) is 1.62. The molecular weight excluding hydrogens is 204 g/mol. The van der Waals surface area contributed by atoms with Gasteiger partial charge in [0, 0.05) is 19.1 Å². The van der Waals surface area contributed by atoms with E-state index in [9.17, 15) is 0 Å². The lowest BCUT2D eigenvalue weighted by molar-refractivity contribution is 0.0830. The fourth-order valence-electron chi connectivity index (χ4n) is 1.53.